The molecule has 2 N–H and O–H groups in total. The second kappa shape index (κ2) is 8.56. The van der Waals surface area contributed by atoms with Crippen LogP contribution in [0.1, 0.15) is 25.8 Å². The van der Waals surface area contributed by atoms with Crippen LogP contribution >= 0.6 is 0 Å². The average molecular weight is 305 g/mol. The monoisotopic (exact) mass is 305 g/mol. The van der Waals surface area contributed by atoms with Crippen molar-refractivity contribution in [3.63, 3.8) is 0 Å². The number of hydrogen-bond acceptors (Lipinski definition) is 5. The Balaban J connectivity index is 2.78. The summed E-state index contributed by atoms with van der Waals surface area (Å²) in [6.45, 7) is 3.44. The summed E-state index contributed by atoms with van der Waals surface area (Å²) in [6, 6.07) is 8.30. The van der Waals surface area contributed by atoms with Gasteiger partial charge in [0.2, 0.25) is 6.04 Å². The summed E-state index contributed by atoms with van der Waals surface area (Å²) in [5.74, 6) is -0.590. The maximum absolute atomic E-state index is 12.0. The minimum atomic E-state index is -0.941. The Morgan fingerprint density at radius 3 is 2.59 bits per heavy atom. The average Bonchev–Trinajstić information content (AvgIpc) is 2.54. The molecule has 0 aromatic heterocycles. The molecule has 0 heterocycles. The normalized spacial score (nSPS) is 13.5. The molecule has 7 nitrogen and oxygen atoms in total. The van der Waals surface area contributed by atoms with Gasteiger partial charge in [0.15, 0.2) is 5.71 Å². The van der Waals surface area contributed by atoms with Crippen molar-refractivity contribution < 1.29 is 14.9 Å². The van der Waals surface area contributed by atoms with Crippen molar-refractivity contribution in [2.45, 2.75) is 32.9 Å². The predicted molar refractivity (Wildman–Crippen MR) is 82.3 cm³/mol. The number of carbonyl (C=O) groups is 1. The molecule has 1 unspecified atom stereocenters. The standard InChI is InChI=1S/C15H19N3O4/c1-3-13(11(2)18(21)22)9-14(17-20)15(19)16-10-12-7-5-4-6-8-12/h4-9,11,20H,3,10H2,1-2H3,(H,16,19)/b13-9+,17-14+. The largest absolute Gasteiger partial charge is 0.410 e. The summed E-state index contributed by atoms with van der Waals surface area (Å²) in [5.41, 5.74) is 1.06. The summed E-state index contributed by atoms with van der Waals surface area (Å²) in [4.78, 5) is 22.3. The number of carbonyl (C=O) groups excluding carboxylic acids is 1. The molecular formula is C15H19N3O4. The number of rotatable bonds is 7. The second-order valence-electron chi connectivity index (χ2n) is 4.69. The van der Waals surface area contributed by atoms with E-state index in [9.17, 15) is 14.9 Å². The third-order valence-corrected chi connectivity index (χ3v) is 3.22. The molecule has 0 aliphatic carbocycles. The zero-order valence-corrected chi connectivity index (χ0v) is 12.5. The summed E-state index contributed by atoms with van der Waals surface area (Å²) < 4.78 is 0. The van der Waals surface area contributed by atoms with Crippen LogP contribution in [0.25, 0.3) is 0 Å². The van der Waals surface area contributed by atoms with Gasteiger partial charge >= 0.3 is 0 Å². The number of oxime groups is 1. The topological polar surface area (TPSA) is 105 Å². The Labute approximate surface area is 128 Å². The lowest BCUT2D eigenvalue weighted by molar-refractivity contribution is -0.507. The van der Waals surface area contributed by atoms with Crippen LogP contribution < -0.4 is 5.32 Å². The summed E-state index contributed by atoms with van der Waals surface area (Å²) >= 11 is 0. The first-order chi connectivity index (χ1) is 10.5. The highest BCUT2D eigenvalue weighted by molar-refractivity contribution is 6.43. The number of nitrogens with one attached hydrogen (secondary N) is 1. The van der Waals surface area contributed by atoms with Gasteiger partial charge in [-0.1, -0.05) is 42.4 Å². The number of benzene rings is 1. The van der Waals surface area contributed by atoms with Gasteiger partial charge in [-0.15, -0.1) is 0 Å². The smallest absolute Gasteiger partial charge is 0.273 e. The molecule has 22 heavy (non-hydrogen) atoms. The molecule has 7 heteroatoms. The fraction of sp³-hybridized carbons (Fsp3) is 0.333. The molecule has 1 rings (SSSR count). The fourth-order valence-corrected chi connectivity index (χ4v) is 1.84. The Hall–Kier alpha value is -2.70. The molecular weight excluding hydrogens is 286 g/mol. The summed E-state index contributed by atoms with van der Waals surface area (Å²) in [6.07, 6.45) is 1.64. The van der Waals surface area contributed by atoms with Crippen molar-refractivity contribution >= 4 is 11.6 Å². The maximum atomic E-state index is 12.0. The van der Waals surface area contributed by atoms with Gasteiger partial charge in [-0.3, -0.25) is 14.9 Å². The Morgan fingerprint density at radius 1 is 1.45 bits per heavy atom. The van der Waals surface area contributed by atoms with Gasteiger partial charge in [-0.2, -0.15) is 0 Å². The highest BCUT2D eigenvalue weighted by atomic mass is 16.6. The Kier molecular flexibility index (Phi) is 6.75. The molecule has 1 aromatic carbocycles. The van der Waals surface area contributed by atoms with E-state index < -0.39 is 16.9 Å². The van der Waals surface area contributed by atoms with Crippen molar-refractivity contribution in [2.75, 3.05) is 0 Å². The van der Waals surface area contributed by atoms with Crippen LogP contribution in [0.5, 0.6) is 0 Å². The van der Waals surface area contributed by atoms with E-state index in [2.05, 4.69) is 10.5 Å². The minimum Gasteiger partial charge on any atom is -0.410 e. The van der Waals surface area contributed by atoms with Crippen LogP contribution in [0.15, 0.2) is 47.1 Å². The molecule has 118 valence electrons. The van der Waals surface area contributed by atoms with E-state index in [0.717, 1.165) is 5.56 Å². The second-order valence-corrected chi connectivity index (χ2v) is 4.69. The fourth-order valence-electron chi connectivity index (χ4n) is 1.84. The lowest BCUT2D eigenvalue weighted by atomic mass is 10.0. The molecule has 1 amide bonds. The van der Waals surface area contributed by atoms with E-state index >= 15 is 0 Å². The van der Waals surface area contributed by atoms with Crippen molar-refractivity contribution in [2.24, 2.45) is 5.16 Å². The molecule has 0 radical (unpaired) electrons. The highest BCUT2D eigenvalue weighted by Crippen LogP contribution is 2.10. The van der Waals surface area contributed by atoms with Crippen LogP contribution in [-0.4, -0.2) is 27.8 Å². The molecule has 1 atom stereocenters. The van der Waals surface area contributed by atoms with Crippen molar-refractivity contribution in [3.05, 3.63) is 57.7 Å². The third kappa shape index (κ3) is 5.01. The zero-order valence-electron chi connectivity index (χ0n) is 12.5. The van der Waals surface area contributed by atoms with Crippen LogP contribution in [0.2, 0.25) is 0 Å². The SMILES string of the molecule is CC/C(=C\C(=N/O)C(=O)NCc1ccccc1)C(C)[N+](=O)[O-]. The number of nitrogens with zero attached hydrogens (tertiary/aromatic N) is 2. The number of amides is 1. The molecule has 0 saturated heterocycles. The highest BCUT2D eigenvalue weighted by Gasteiger charge is 2.20. The van der Waals surface area contributed by atoms with Gasteiger partial charge in [-0.25, -0.2) is 0 Å². The van der Waals surface area contributed by atoms with Gasteiger partial charge in [0.25, 0.3) is 5.91 Å². The van der Waals surface area contributed by atoms with E-state index in [0.29, 0.717) is 12.0 Å². The molecule has 0 spiro atoms. The van der Waals surface area contributed by atoms with Gasteiger partial charge in [0, 0.05) is 24.0 Å². The lowest BCUT2D eigenvalue weighted by Gasteiger charge is -2.08. The molecule has 0 aliphatic rings. The molecule has 0 fully saturated rings. The third-order valence-electron chi connectivity index (χ3n) is 3.22. The molecule has 0 saturated carbocycles. The first kappa shape index (κ1) is 17.4. The summed E-state index contributed by atoms with van der Waals surface area (Å²) in [7, 11) is 0. The quantitative estimate of drug-likeness (QED) is 0.348. The van der Waals surface area contributed by atoms with Crippen molar-refractivity contribution in [1.82, 2.24) is 5.32 Å². The van der Waals surface area contributed by atoms with E-state index in [-0.39, 0.29) is 12.3 Å². The van der Waals surface area contributed by atoms with Gasteiger partial charge in [0.05, 0.1) is 0 Å². The van der Waals surface area contributed by atoms with E-state index in [1.54, 1.807) is 6.92 Å². The Morgan fingerprint density at radius 2 is 2.09 bits per heavy atom. The molecule has 0 bridgehead atoms. The minimum absolute atomic E-state index is 0.249. The van der Waals surface area contributed by atoms with Crippen LogP contribution in [0.4, 0.5) is 0 Å². The van der Waals surface area contributed by atoms with Crippen LogP contribution in [-0.2, 0) is 11.3 Å². The van der Waals surface area contributed by atoms with Crippen LogP contribution in [0.3, 0.4) is 0 Å². The number of nitro groups is 1. The van der Waals surface area contributed by atoms with E-state index in [1.807, 2.05) is 30.3 Å². The predicted octanol–water partition coefficient (Wildman–Crippen LogP) is 2.13. The molecule has 0 aliphatic heterocycles. The van der Waals surface area contributed by atoms with Gasteiger partial charge in [-0.05, 0) is 18.1 Å². The first-order valence-electron chi connectivity index (χ1n) is 6.87. The van der Waals surface area contributed by atoms with Crippen molar-refractivity contribution in [3.8, 4) is 0 Å². The zero-order chi connectivity index (χ0) is 16.5. The maximum Gasteiger partial charge on any atom is 0.273 e. The lowest BCUT2D eigenvalue weighted by Crippen LogP contribution is -2.30. The summed E-state index contributed by atoms with van der Waals surface area (Å²) in [5, 5.41) is 25.3. The van der Waals surface area contributed by atoms with Gasteiger partial charge < -0.3 is 10.5 Å². The van der Waals surface area contributed by atoms with Crippen molar-refractivity contribution in [1.29, 1.82) is 0 Å². The van der Waals surface area contributed by atoms with E-state index in [1.165, 1.54) is 13.0 Å². The van der Waals surface area contributed by atoms with Gasteiger partial charge in [0.1, 0.15) is 0 Å². The van der Waals surface area contributed by atoms with Crippen LogP contribution in [0, 0.1) is 10.1 Å². The first-order valence-corrected chi connectivity index (χ1v) is 6.87. The number of hydrogen-bond donors (Lipinski definition) is 2. The Bertz CT molecular complexity index is 582. The van der Waals surface area contributed by atoms with E-state index in [4.69, 9.17) is 5.21 Å². The molecule has 1 aromatic rings.